The molecule has 1 aromatic rings. The Bertz CT molecular complexity index is 632. The van der Waals surface area contributed by atoms with Gasteiger partial charge in [-0.15, -0.1) is 24.0 Å². The largest absolute Gasteiger partial charge is 0.465 e. The lowest BCUT2D eigenvalue weighted by atomic mass is 9.86. The van der Waals surface area contributed by atoms with E-state index in [0.29, 0.717) is 11.5 Å². The monoisotopic (exact) mass is 486 g/mol. The van der Waals surface area contributed by atoms with Crippen molar-refractivity contribution >= 4 is 29.9 Å². The summed E-state index contributed by atoms with van der Waals surface area (Å²) in [7, 11) is 1.92. The van der Waals surface area contributed by atoms with Crippen molar-refractivity contribution in [2.45, 2.75) is 57.9 Å². The Hall–Kier alpha value is -0.760. The van der Waals surface area contributed by atoms with Crippen LogP contribution in [-0.2, 0) is 0 Å². The molecule has 152 valence electrons. The first-order chi connectivity index (χ1) is 12.7. The first-order valence-electron chi connectivity index (χ1n) is 10.5. The van der Waals surface area contributed by atoms with Gasteiger partial charge < -0.3 is 14.6 Å². The molecule has 6 heteroatoms. The highest BCUT2D eigenvalue weighted by Gasteiger charge is 2.41. The molecule has 27 heavy (non-hydrogen) atoms. The van der Waals surface area contributed by atoms with Crippen LogP contribution in [0.3, 0.4) is 0 Å². The van der Waals surface area contributed by atoms with Gasteiger partial charge in [0.05, 0.1) is 6.04 Å². The molecule has 1 spiro atoms. The Balaban J connectivity index is 0.00000210. The summed E-state index contributed by atoms with van der Waals surface area (Å²) in [4.78, 5) is 9.65. The van der Waals surface area contributed by atoms with Crippen molar-refractivity contribution in [2.75, 3.05) is 39.8 Å². The summed E-state index contributed by atoms with van der Waals surface area (Å²) in [5.74, 6) is 3.15. The average Bonchev–Trinajstić information content (AvgIpc) is 3.42. The molecule has 1 atom stereocenters. The van der Waals surface area contributed by atoms with Crippen LogP contribution in [0.15, 0.2) is 21.5 Å². The minimum Gasteiger partial charge on any atom is -0.465 e. The van der Waals surface area contributed by atoms with E-state index in [4.69, 9.17) is 4.42 Å². The number of guanidine groups is 1. The molecule has 0 aromatic carbocycles. The normalized spacial score (nSPS) is 23.8. The second-order valence-corrected chi connectivity index (χ2v) is 8.51. The predicted octanol–water partition coefficient (Wildman–Crippen LogP) is 4.18. The molecule has 5 nitrogen and oxygen atoms in total. The molecule has 3 fully saturated rings. The van der Waals surface area contributed by atoms with Gasteiger partial charge in [0.15, 0.2) is 5.96 Å². The van der Waals surface area contributed by atoms with Crippen LogP contribution in [0.5, 0.6) is 0 Å². The van der Waals surface area contributed by atoms with Gasteiger partial charge in [0.2, 0.25) is 0 Å². The van der Waals surface area contributed by atoms with Gasteiger partial charge in [0, 0.05) is 26.7 Å². The van der Waals surface area contributed by atoms with Gasteiger partial charge in [-0.1, -0.05) is 12.8 Å². The minimum absolute atomic E-state index is 0. The molecule has 2 saturated heterocycles. The number of likely N-dealkylation sites (tertiary alicyclic amines) is 2. The van der Waals surface area contributed by atoms with E-state index in [-0.39, 0.29) is 24.0 Å². The average molecular weight is 486 g/mol. The Labute approximate surface area is 181 Å². The highest BCUT2D eigenvalue weighted by atomic mass is 127. The maximum Gasteiger partial charge on any atom is 0.193 e. The lowest BCUT2D eigenvalue weighted by Crippen LogP contribution is -2.44. The third kappa shape index (κ3) is 4.63. The summed E-state index contributed by atoms with van der Waals surface area (Å²) in [6.07, 6.45) is 9.55. The highest BCUT2D eigenvalue weighted by Crippen LogP contribution is 2.45. The van der Waals surface area contributed by atoms with Crippen molar-refractivity contribution in [3.05, 3.63) is 23.7 Å². The van der Waals surface area contributed by atoms with Gasteiger partial charge >= 0.3 is 0 Å². The number of hydrogen-bond acceptors (Lipinski definition) is 3. The van der Waals surface area contributed by atoms with Crippen LogP contribution in [0.1, 0.15) is 62.5 Å². The molecule has 0 bridgehead atoms. The fraction of sp³-hybridized carbons (Fsp3) is 0.762. The molecule has 4 rings (SSSR count). The van der Waals surface area contributed by atoms with Crippen molar-refractivity contribution in [1.82, 2.24) is 15.1 Å². The molecule has 3 heterocycles. The summed E-state index contributed by atoms with van der Waals surface area (Å²) in [6, 6.07) is 4.52. The van der Waals surface area contributed by atoms with E-state index in [1.807, 2.05) is 14.0 Å². The van der Waals surface area contributed by atoms with Gasteiger partial charge in [-0.25, -0.2) is 0 Å². The van der Waals surface area contributed by atoms with E-state index >= 15 is 0 Å². The quantitative estimate of drug-likeness (QED) is 0.394. The van der Waals surface area contributed by atoms with Crippen molar-refractivity contribution in [3.8, 4) is 0 Å². The topological polar surface area (TPSA) is 44.0 Å². The van der Waals surface area contributed by atoms with Gasteiger partial charge in [-0.3, -0.25) is 9.89 Å². The maximum atomic E-state index is 5.99. The smallest absolute Gasteiger partial charge is 0.193 e. The number of hydrogen-bond donors (Lipinski definition) is 1. The van der Waals surface area contributed by atoms with Gasteiger partial charge in [-0.2, -0.15) is 0 Å². The van der Waals surface area contributed by atoms with Crippen LogP contribution in [0.4, 0.5) is 0 Å². The Morgan fingerprint density at radius 2 is 1.89 bits per heavy atom. The second kappa shape index (κ2) is 9.16. The zero-order valence-corrected chi connectivity index (χ0v) is 19.2. The van der Waals surface area contributed by atoms with Gasteiger partial charge in [-0.05, 0) is 69.7 Å². The van der Waals surface area contributed by atoms with Crippen molar-refractivity contribution in [2.24, 2.45) is 10.4 Å². The molecular weight excluding hydrogens is 451 g/mol. The Morgan fingerprint density at radius 1 is 1.15 bits per heavy atom. The van der Waals surface area contributed by atoms with E-state index in [1.165, 1.54) is 51.5 Å². The van der Waals surface area contributed by atoms with Crippen LogP contribution >= 0.6 is 24.0 Å². The molecule has 1 aromatic heterocycles. The molecule has 0 amide bonds. The van der Waals surface area contributed by atoms with Crippen LogP contribution in [-0.4, -0.2) is 55.5 Å². The second-order valence-electron chi connectivity index (χ2n) is 8.51. The molecular formula is C21H35IN4O. The zero-order chi connectivity index (χ0) is 18.0. The van der Waals surface area contributed by atoms with Crippen molar-refractivity contribution < 1.29 is 4.42 Å². The standard InChI is InChI=1S/C21H34N4O.HI/c1-17-7-8-19(26-17)18(24-12-5-6-13-24)15-23-20(22-2)25-14-11-21(16-25)9-3-4-10-21;/h7-8,18H,3-6,9-16H2,1-2H3,(H,22,23);1H. The van der Waals surface area contributed by atoms with E-state index < -0.39 is 0 Å². The summed E-state index contributed by atoms with van der Waals surface area (Å²) in [5.41, 5.74) is 0.574. The number of nitrogens with zero attached hydrogens (tertiary/aromatic N) is 3. The number of rotatable bonds is 4. The fourth-order valence-electron chi connectivity index (χ4n) is 5.26. The third-order valence-corrected chi connectivity index (χ3v) is 6.74. The number of nitrogens with one attached hydrogen (secondary N) is 1. The summed E-state index contributed by atoms with van der Waals surface area (Å²) in [5, 5.41) is 3.68. The fourth-order valence-corrected chi connectivity index (χ4v) is 5.26. The van der Waals surface area contributed by atoms with Crippen LogP contribution < -0.4 is 5.32 Å². The molecule has 0 radical (unpaired) electrons. The minimum atomic E-state index is 0. The lowest BCUT2D eigenvalue weighted by Gasteiger charge is -2.29. The van der Waals surface area contributed by atoms with E-state index in [1.54, 1.807) is 0 Å². The highest BCUT2D eigenvalue weighted by molar-refractivity contribution is 14.0. The molecule has 1 unspecified atom stereocenters. The van der Waals surface area contributed by atoms with E-state index in [9.17, 15) is 0 Å². The lowest BCUT2D eigenvalue weighted by molar-refractivity contribution is 0.212. The van der Waals surface area contributed by atoms with Crippen molar-refractivity contribution in [1.29, 1.82) is 0 Å². The number of furan rings is 1. The molecule has 3 aliphatic rings. The third-order valence-electron chi connectivity index (χ3n) is 6.74. The van der Waals surface area contributed by atoms with Crippen LogP contribution in [0, 0.1) is 12.3 Å². The Morgan fingerprint density at radius 3 is 2.52 bits per heavy atom. The summed E-state index contributed by atoms with van der Waals surface area (Å²) < 4.78 is 5.99. The first kappa shape index (κ1) is 21.0. The number of halogens is 1. The van der Waals surface area contributed by atoms with Crippen LogP contribution in [0.2, 0.25) is 0 Å². The number of aryl methyl sites for hydroxylation is 1. The maximum absolute atomic E-state index is 5.99. The zero-order valence-electron chi connectivity index (χ0n) is 16.9. The van der Waals surface area contributed by atoms with E-state index in [0.717, 1.165) is 43.7 Å². The van der Waals surface area contributed by atoms with Gasteiger partial charge in [0.25, 0.3) is 0 Å². The Kier molecular flexibility index (Phi) is 7.11. The predicted molar refractivity (Wildman–Crippen MR) is 121 cm³/mol. The van der Waals surface area contributed by atoms with Crippen molar-refractivity contribution in [3.63, 3.8) is 0 Å². The molecule has 2 aliphatic heterocycles. The van der Waals surface area contributed by atoms with Gasteiger partial charge in [0.1, 0.15) is 11.5 Å². The summed E-state index contributed by atoms with van der Waals surface area (Å²) >= 11 is 0. The molecule has 1 aliphatic carbocycles. The number of aliphatic imine (C=N–C) groups is 1. The SMILES string of the molecule is CN=C(NCC(c1ccc(C)o1)N1CCCC1)N1CCC2(CCCC2)C1.I. The van der Waals surface area contributed by atoms with Crippen LogP contribution in [0.25, 0.3) is 0 Å². The first-order valence-corrected chi connectivity index (χ1v) is 10.5. The summed E-state index contributed by atoms with van der Waals surface area (Å²) in [6.45, 7) is 7.55. The molecule has 1 saturated carbocycles. The molecule has 1 N–H and O–H groups in total. The van der Waals surface area contributed by atoms with E-state index in [2.05, 4.69) is 32.2 Å².